The fourth-order valence-corrected chi connectivity index (χ4v) is 2.38. The van der Waals surface area contributed by atoms with Gasteiger partial charge in [-0.15, -0.1) is 0 Å². The van der Waals surface area contributed by atoms with E-state index < -0.39 is 19.4 Å². The average molecular weight is 284 g/mol. The minimum Gasteiger partial charge on any atom is -0.467 e. The molecule has 0 rings (SSSR count). The largest absolute Gasteiger partial charge is 0.467 e. The molecule has 0 bridgehead atoms. The fraction of sp³-hybridized carbons (Fsp3) is 0.900. The van der Waals surface area contributed by atoms with Crippen LogP contribution in [0.3, 0.4) is 0 Å². The van der Waals surface area contributed by atoms with Gasteiger partial charge in [-0.1, -0.05) is 6.92 Å². The molecule has 1 N–H and O–H groups in total. The summed E-state index contributed by atoms with van der Waals surface area (Å²) in [5.74, 6) is -2.24. The number of aliphatic hydroxyl groups is 1. The van der Waals surface area contributed by atoms with E-state index in [1.54, 1.807) is 0 Å². The fourth-order valence-electron chi connectivity index (χ4n) is 1.21. The molecule has 0 radical (unpaired) electrons. The Hall–Kier alpha value is -0.460. The van der Waals surface area contributed by atoms with Crippen molar-refractivity contribution in [1.29, 1.82) is 0 Å². The lowest BCUT2D eigenvalue weighted by Gasteiger charge is -2.23. The highest BCUT2D eigenvalue weighted by atomic mass is 31.2. The number of esters is 1. The van der Waals surface area contributed by atoms with Crippen LogP contribution in [0.1, 0.15) is 13.3 Å². The summed E-state index contributed by atoms with van der Waals surface area (Å²) in [6, 6.07) is 0. The smallest absolute Gasteiger partial charge is 0.370 e. The second kappa shape index (κ2) is 8.61. The third-order valence-corrected chi connectivity index (χ3v) is 4.31. The summed E-state index contributed by atoms with van der Waals surface area (Å²) in [7, 11) is -0.205. The normalized spacial score (nSPS) is 15.2. The Balaban J connectivity index is 4.70. The number of hydrogen-bond donors (Lipinski definition) is 1. The number of hydrogen-bond acceptors (Lipinski definition) is 7. The topological polar surface area (TPSA) is 91.3 Å². The van der Waals surface area contributed by atoms with Gasteiger partial charge in [-0.2, -0.15) is 0 Å². The van der Waals surface area contributed by atoms with Gasteiger partial charge < -0.3 is 23.6 Å². The van der Waals surface area contributed by atoms with Gasteiger partial charge in [-0.3, -0.25) is 4.57 Å². The van der Waals surface area contributed by atoms with E-state index in [1.165, 1.54) is 14.2 Å². The van der Waals surface area contributed by atoms with E-state index in [-0.39, 0.29) is 19.1 Å². The van der Waals surface area contributed by atoms with Crippen molar-refractivity contribution >= 4 is 13.6 Å². The Morgan fingerprint density at radius 1 is 1.28 bits per heavy atom. The molecule has 0 saturated carbocycles. The van der Waals surface area contributed by atoms with Gasteiger partial charge in [-0.05, 0) is 12.3 Å². The first-order chi connectivity index (χ1) is 8.45. The van der Waals surface area contributed by atoms with Crippen LogP contribution in [0.25, 0.3) is 0 Å². The maximum absolute atomic E-state index is 12.1. The van der Waals surface area contributed by atoms with Gasteiger partial charge in [-0.25, -0.2) is 4.79 Å². The Labute approximate surface area is 107 Å². The van der Waals surface area contributed by atoms with E-state index in [2.05, 4.69) is 4.74 Å². The standard InChI is InChI=1S/C10H21O7P/c1-8(5-6-11)7-17-10(9(12)14-2)18(13,15-3)16-4/h8,10-11H,5-7H2,1-4H3/t8-,10?/m1/s1. The molecular formula is C10H21O7P. The molecule has 7 nitrogen and oxygen atoms in total. The van der Waals surface area contributed by atoms with Crippen LogP contribution in [-0.4, -0.2) is 51.5 Å². The monoisotopic (exact) mass is 284 g/mol. The maximum atomic E-state index is 12.1. The Morgan fingerprint density at radius 3 is 2.22 bits per heavy atom. The molecule has 0 aromatic heterocycles. The molecule has 0 heterocycles. The molecule has 0 aromatic carbocycles. The van der Waals surface area contributed by atoms with Gasteiger partial charge in [0.2, 0.25) is 0 Å². The highest BCUT2D eigenvalue weighted by molar-refractivity contribution is 7.55. The van der Waals surface area contributed by atoms with Gasteiger partial charge in [0.05, 0.1) is 13.7 Å². The number of rotatable bonds is 9. The van der Waals surface area contributed by atoms with Crippen molar-refractivity contribution in [3.05, 3.63) is 0 Å². The first-order valence-corrected chi connectivity index (χ1v) is 7.07. The first-order valence-electron chi connectivity index (χ1n) is 5.46. The number of carbonyl (C=O) groups is 1. The maximum Gasteiger partial charge on any atom is 0.370 e. The second-order valence-corrected chi connectivity index (χ2v) is 6.01. The van der Waals surface area contributed by atoms with E-state index in [9.17, 15) is 9.36 Å². The summed E-state index contributed by atoms with van der Waals surface area (Å²) in [6.45, 7) is 1.98. The molecular weight excluding hydrogens is 263 g/mol. The quantitative estimate of drug-likeness (QED) is 0.499. The van der Waals surface area contributed by atoms with E-state index in [0.717, 1.165) is 7.11 Å². The molecule has 108 valence electrons. The molecule has 2 atom stereocenters. The summed E-state index contributed by atoms with van der Waals surface area (Å²) in [6.07, 6.45) is 0.512. The van der Waals surface area contributed by atoms with Crippen molar-refractivity contribution in [3.8, 4) is 0 Å². The highest BCUT2D eigenvalue weighted by Gasteiger charge is 2.42. The van der Waals surface area contributed by atoms with Gasteiger partial charge in [0.15, 0.2) is 0 Å². The average Bonchev–Trinajstić information content (AvgIpc) is 2.38. The van der Waals surface area contributed by atoms with Crippen LogP contribution in [0.5, 0.6) is 0 Å². The third kappa shape index (κ3) is 5.04. The molecule has 0 aliphatic carbocycles. The third-order valence-electron chi connectivity index (χ3n) is 2.36. The lowest BCUT2D eigenvalue weighted by atomic mass is 10.1. The second-order valence-electron chi connectivity index (χ2n) is 3.73. The highest BCUT2D eigenvalue weighted by Crippen LogP contribution is 2.52. The summed E-state index contributed by atoms with van der Waals surface area (Å²) in [5.41, 5.74) is 0. The molecule has 0 aromatic rings. The summed E-state index contributed by atoms with van der Waals surface area (Å²) >= 11 is 0. The molecule has 18 heavy (non-hydrogen) atoms. The summed E-state index contributed by atoms with van der Waals surface area (Å²) < 4.78 is 31.3. The van der Waals surface area contributed by atoms with Crippen LogP contribution in [0.4, 0.5) is 0 Å². The predicted molar refractivity (Wildman–Crippen MR) is 64.2 cm³/mol. The minimum absolute atomic E-state index is 0.00400. The molecule has 0 amide bonds. The summed E-state index contributed by atoms with van der Waals surface area (Å²) in [5, 5.41) is 8.76. The molecule has 0 aliphatic heterocycles. The molecule has 0 spiro atoms. The van der Waals surface area contributed by atoms with Crippen LogP contribution in [0, 0.1) is 5.92 Å². The minimum atomic E-state index is -3.70. The number of methoxy groups -OCH3 is 1. The van der Waals surface area contributed by atoms with Crippen LogP contribution in [0.15, 0.2) is 0 Å². The van der Waals surface area contributed by atoms with Crippen molar-refractivity contribution in [2.75, 3.05) is 34.5 Å². The van der Waals surface area contributed by atoms with Crippen molar-refractivity contribution in [3.63, 3.8) is 0 Å². The molecule has 0 fully saturated rings. The van der Waals surface area contributed by atoms with E-state index in [4.69, 9.17) is 18.9 Å². The van der Waals surface area contributed by atoms with Crippen molar-refractivity contribution < 1.29 is 33.0 Å². The van der Waals surface area contributed by atoms with Gasteiger partial charge in [0, 0.05) is 20.8 Å². The van der Waals surface area contributed by atoms with Gasteiger partial charge in [0.25, 0.3) is 5.85 Å². The lowest BCUT2D eigenvalue weighted by Crippen LogP contribution is -2.29. The zero-order valence-electron chi connectivity index (χ0n) is 11.1. The molecule has 8 heteroatoms. The molecule has 0 aliphatic rings. The van der Waals surface area contributed by atoms with Crippen molar-refractivity contribution in [1.82, 2.24) is 0 Å². The van der Waals surface area contributed by atoms with E-state index in [0.29, 0.717) is 6.42 Å². The SMILES string of the molecule is COC(=O)C(OC[C@H](C)CCO)P(=O)(OC)OC. The van der Waals surface area contributed by atoms with Crippen molar-refractivity contribution in [2.45, 2.75) is 19.2 Å². The van der Waals surface area contributed by atoms with Crippen LogP contribution >= 0.6 is 7.60 Å². The predicted octanol–water partition coefficient (Wildman–Crippen LogP) is 1.01. The van der Waals surface area contributed by atoms with Crippen LogP contribution in [0.2, 0.25) is 0 Å². The number of carbonyl (C=O) groups excluding carboxylic acids is 1. The Kier molecular flexibility index (Phi) is 8.39. The zero-order valence-corrected chi connectivity index (χ0v) is 12.0. The molecule has 1 unspecified atom stereocenters. The van der Waals surface area contributed by atoms with Crippen molar-refractivity contribution in [2.24, 2.45) is 5.92 Å². The molecule has 0 saturated heterocycles. The Bertz CT molecular complexity index is 286. The van der Waals surface area contributed by atoms with E-state index in [1.807, 2.05) is 6.92 Å². The number of aliphatic hydroxyl groups excluding tert-OH is 1. The van der Waals surface area contributed by atoms with Gasteiger partial charge >= 0.3 is 13.6 Å². The van der Waals surface area contributed by atoms with Crippen LogP contribution < -0.4 is 0 Å². The van der Waals surface area contributed by atoms with Gasteiger partial charge in [0.1, 0.15) is 0 Å². The number of ether oxygens (including phenoxy) is 2. The van der Waals surface area contributed by atoms with E-state index >= 15 is 0 Å². The Morgan fingerprint density at radius 2 is 1.83 bits per heavy atom. The zero-order chi connectivity index (χ0) is 14.2. The van der Waals surface area contributed by atoms with Crippen LogP contribution in [-0.2, 0) is 27.9 Å². The first kappa shape index (κ1) is 17.5. The summed E-state index contributed by atoms with van der Waals surface area (Å²) in [4.78, 5) is 11.5. The lowest BCUT2D eigenvalue weighted by molar-refractivity contribution is -0.150.